The standard InChI is InChI=1S/C14H28N4O/c1-3-11-10-17(2)7-4-8-18(11)12-5-6-14(16,9-12)13(15)19/h11-12H,3-10,16H2,1-2H3,(H2,15,19). The number of nitrogens with two attached hydrogens (primary N) is 2. The number of rotatable bonds is 3. The number of likely N-dealkylation sites (N-methyl/N-ethyl adjacent to an activating group) is 1. The molecule has 0 aromatic heterocycles. The van der Waals surface area contributed by atoms with Gasteiger partial charge in [-0.15, -0.1) is 0 Å². The molecule has 1 saturated heterocycles. The first-order valence-electron chi connectivity index (χ1n) is 7.49. The van der Waals surface area contributed by atoms with Crippen molar-refractivity contribution < 1.29 is 4.79 Å². The topological polar surface area (TPSA) is 75.6 Å². The van der Waals surface area contributed by atoms with E-state index in [9.17, 15) is 4.79 Å². The smallest absolute Gasteiger partial charge is 0.237 e. The second-order valence-corrected chi connectivity index (χ2v) is 6.33. The lowest BCUT2D eigenvalue weighted by atomic mass is 9.97. The average molecular weight is 268 g/mol. The largest absolute Gasteiger partial charge is 0.368 e. The van der Waals surface area contributed by atoms with Gasteiger partial charge in [0.15, 0.2) is 0 Å². The molecule has 3 atom stereocenters. The van der Waals surface area contributed by atoms with Gasteiger partial charge in [0.2, 0.25) is 5.91 Å². The number of amides is 1. The van der Waals surface area contributed by atoms with E-state index in [0.29, 0.717) is 12.1 Å². The molecule has 1 amide bonds. The lowest BCUT2D eigenvalue weighted by Crippen LogP contribution is -2.52. The van der Waals surface area contributed by atoms with Gasteiger partial charge < -0.3 is 16.4 Å². The van der Waals surface area contributed by atoms with Gasteiger partial charge in [-0.3, -0.25) is 9.69 Å². The first kappa shape index (κ1) is 14.8. The fourth-order valence-corrected chi connectivity index (χ4v) is 3.66. The van der Waals surface area contributed by atoms with E-state index in [1.807, 2.05) is 0 Å². The van der Waals surface area contributed by atoms with E-state index in [0.717, 1.165) is 45.3 Å². The Balaban J connectivity index is 2.06. The van der Waals surface area contributed by atoms with Gasteiger partial charge in [0.1, 0.15) is 0 Å². The van der Waals surface area contributed by atoms with Gasteiger partial charge in [-0.1, -0.05) is 6.92 Å². The molecule has 2 rings (SSSR count). The highest BCUT2D eigenvalue weighted by molar-refractivity contribution is 5.84. The molecule has 0 aromatic rings. The normalized spacial score (nSPS) is 38.3. The quantitative estimate of drug-likeness (QED) is 0.763. The molecule has 2 fully saturated rings. The third-order valence-electron chi connectivity index (χ3n) is 4.90. The maximum atomic E-state index is 11.5. The van der Waals surface area contributed by atoms with E-state index in [1.54, 1.807) is 0 Å². The number of carbonyl (C=O) groups excluding carboxylic acids is 1. The maximum absolute atomic E-state index is 11.5. The van der Waals surface area contributed by atoms with Crippen molar-refractivity contribution in [1.82, 2.24) is 9.80 Å². The van der Waals surface area contributed by atoms with Crippen LogP contribution in [0.3, 0.4) is 0 Å². The molecule has 4 N–H and O–H groups in total. The van der Waals surface area contributed by atoms with Gasteiger partial charge in [0.25, 0.3) is 0 Å². The predicted molar refractivity (Wildman–Crippen MR) is 76.7 cm³/mol. The van der Waals surface area contributed by atoms with Crippen LogP contribution in [0.1, 0.15) is 39.0 Å². The van der Waals surface area contributed by atoms with Gasteiger partial charge in [-0.05, 0) is 52.2 Å². The number of hydrogen-bond donors (Lipinski definition) is 2. The van der Waals surface area contributed by atoms with Gasteiger partial charge >= 0.3 is 0 Å². The monoisotopic (exact) mass is 268 g/mol. The molecule has 5 nitrogen and oxygen atoms in total. The summed E-state index contributed by atoms with van der Waals surface area (Å²) in [6.45, 7) is 5.63. The van der Waals surface area contributed by atoms with Gasteiger partial charge in [-0.25, -0.2) is 0 Å². The summed E-state index contributed by atoms with van der Waals surface area (Å²) in [7, 11) is 2.19. The molecular formula is C14H28N4O. The number of hydrogen-bond acceptors (Lipinski definition) is 4. The first-order valence-corrected chi connectivity index (χ1v) is 7.49. The van der Waals surface area contributed by atoms with Crippen molar-refractivity contribution in [2.45, 2.75) is 56.7 Å². The van der Waals surface area contributed by atoms with E-state index in [4.69, 9.17) is 11.5 Å². The summed E-state index contributed by atoms with van der Waals surface area (Å²) in [5.41, 5.74) is 10.8. The fraction of sp³-hybridized carbons (Fsp3) is 0.929. The highest BCUT2D eigenvalue weighted by Gasteiger charge is 2.43. The Bertz CT molecular complexity index is 335. The van der Waals surface area contributed by atoms with Crippen LogP contribution in [0.15, 0.2) is 0 Å². The Labute approximate surface area is 116 Å². The minimum Gasteiger partial charge on any atom is -0.368 e. The summed E-state index contributed by atoms with van der Waals surface area (Å²) in [5, 5.41) is 0. The highest BCUT2D eigenvalue weighted by atomic mass is 16.1. The molecule has 0 bridgehead atoms. The van der Waals surface area contributed by atoms with Crippen LogP contribution in [-0.4, -0.2) is 60.0 Å². The van der Waals surface area contributed by atoms with Crippen molar-refractivity contribution in [3.8, 4) is 0 Å². The van der Waals surface area contributed by atoms with Crippen LogP contribution in [0.4, 0.5) is 0 Å². The predicted octanol–water partition coefficient (Wildman–Crippen LogP) is 0.138. The van der Waals surface area contributed by atoms with E-state index >= 15 is 0 Å². The highest BCUT2D eigenvalue weighted by Crippen LogP contribution is 2.33. The molecule has 1 aliphatic carbocycles. The molecule has 2 aliphatic rings. The third-order valence-corrected chi connectivity index (χ3v) is 4.90. The van der Waals surface area contributed by atoms with E-state index in [2.05, 4.69) is 23.8 Å². The van der Waals surface area contributed by atoms with Crippen LogP contribution in [0.2, 0.25) is 0 Å². The molecule has 0 radical (unpaired) electrons. The van der Waals surface area contributed by atoms with E-state index in [-0.39, 0.29) is 5.91 Å². The molecule has 1 aliphatic heterocycles. The average Bonchev–Trinajstić information content (AvgIpc) is 2.66. The summed E-state index contributed by atoms with van der Waals surface area (Å²) < 4.78 is 0. The molecule has 0 spiro atoms. The zero-order valence-electron chi connectivity index (χ0n) is 12.3. The number of carbonyl (C=O) groups is 1. The molecule has 1 saturated carbocycles. The second kappa shape index (κ2) is 5.77. The molecule has 0 aromatic carbocycles. The van der Waals surface area contributed by atoms with Crippen LogP contribution >= 0.6 is 0 Å². The van der Waals surface area contributed by atoms with Crippen LogP contribution in [0.5, 0.6) is 0 Å². The van der Waals surface area contributed by atoms with Crippen LogP contribution in [0.25, 0.3) is 0 Å². The SMILES string of the molecule is CCC1CN(C)CCCN1C1CCC(N)(C(N)=O)C1. The lowest BCUT2D eigenvalue weighted by molar-refractivity contribution is -0.123. The Morgan fingerprint density at radius 1 is 1.42 bits per heavy atom. The molecule has 5 heteroatoms. The van der Waals surface area contributed by atoms with Crippen molar-refractivity contribution in [2.75, 3.05) is 26.7 Å². The van der Waals surface area contributed by atoms with Crippen molar-refractivity contribution in [1.29, 1.82) is 0 Å². The molecular weight excluding hydrogens is 240 g/mol. The van der Waals surface area contributed by atoms with Crippen molar-refractivity contribution >= 4 is 5.91 Å². The summed E-state index contributed by atoms with van der Waals surface area (Å²) in [5.74, 6) is -0.338. The summed E-state index contributed by atoms with van der Waals surface area (Å²) in [6.07, 6.45) is 4.80. The van der Waals surface area contributed by atoms with Gasteiger partial charge in [0.05, 0.1) is 5.54 Å². The zero-order chi connectivity index (χ0) is 14.0. The van der Waals surface area contributed by atoms with Gasteiger partial charge in [-0.2, -0.15) is 0 Å². The van der Waals surface area contributed by atoms with Crippen LogP contribution in [0, 0.1) is 0 Å². The van der Waals surface area contributed by atoms with Crippen molar-refractivity contribution in [2.24, 2.45) is 11.5 Å². The first-order chi connectivity index (χ1) is 8.96. The molecule has 1 heterocycles. The molecule has 110 valence electrons. The Kier molecular flexibility index (Phi) is 4.48. The summed E-state index contributed by atoms with van der Waals surface area (Å²) in [4.78, 5) is 16.5. The molecule has 3 unspecified atom stereocenters. The minimum absolute atomic E-state index is 0.338. The molecule has 19 heavy (non-hydrogen) atoms. The Morgan fingerprint density at radius 3 is 2.74 bits per heavy atom. The van der Waals surface area contributed by atoms with Crippen LogP contribution in [-0.2, 0) is 4.79 Å². The van der Waals surface area contributed by atoms with Gasteiger partial charge in [0, 0.05) is 18.6 Å². The fourth-order valence-electron chi connectivity index (χ4n) is 3.66. The van der Waals surface area contributed by atoms with Crippen molar-refractivity contribution in [3.63, 3.8) is 0 Å². The summed E-state index contributed by atoms with van der Waals surface area (Å²) >= 11 is 0. The van der Waals surface area contributed by atoms with Crippen LogP contribution < -0.4 is 11.5 Å². The number of nitrogens with zero attached hydrogens (tertiary/aromatic N) is 2. The summed E-state index contributed by atoms with van der Waals surface area (Å²) in [6, 6.07) is 1.00. The lowest BCUT2D eigenvalue weighted by Gasteiger charge is -2.35. The third kappa shape index (κ3) is 3.09. The number of primary amides is 1. The van der Waals surface area contributed by atoms with E-state index in [1.165, 1.54) is 6.42 Å². The van der Waals surface area contributed by atoms with E-state index < -0.39 is 5.54 Å². The van der Waals surface area contributed by atoms with Crippen molar-refractivity contribution in [3.05, 3.63) is 0 Å². The Morgan fingerprint density at radius 2 is 2.16 bits per heavy atom. The maximum Gasteiger partial charge on any atom is 0.237 e. The second-order valence-electron chi connectivity index (χ2n) is 6.33. The zero-order valence-corrected chi connectivity index (χ0v) is 12.3. The minimum atomic E-state index is -0.777. The Hall–Kier alpha value is -0.650.